The van der Waals surface area contributed by atoms with Gasteiger partial charge in [-0.3, -0.25) is 16.6 Å². The van der Waals surface area contributed by atoms with Crippen molar-refractivity contribution in [3.05, 3.63) is 4.84 Å². The molecule has 0 aliphatic rings. The summed E-state index contributed by atoms with van der Waals surface area (Å²) in [5, 5.41) is 0. The standard InChI is InChI=1S/C4H7ClNO2/c1-8-4(7)2-3-6-5/h2-3H2,1H3/q-1. The minimum Gasteiger partial charge on any atom is -0.575 e. The lowest BCUT2D eigenvalue weighted by Gasteiger charge is -2.05. The number of halogens is 1. The molecule has 8 heavy (non-hydrogen) atoms. The lowest BCUT2D eigenvalue weighted by molar-refractivity contribution is -0.140. The minimum atomic E-state index is -0.283. The third-order valence-electron chi connectivity index (χ3n) is 0.628. The average molecular weight is 137 g/mol. The maximum Gasteiger partial charge on any atom is 0.303 e. The van der Waals surface area contributed by atoms with Gasteiger partial charge in [-0.05, 0) is 0 Å². The van der Waals surface area contributed by atoms with Crippen LogP contribution in [-0.4, -0.2) is 19.6 Å². The van der Waals surface area contributed by atoms with Crippen molar-refractivity contribution in [1.29, 1.82) is 0 Å². The largest absolute Gasteiger partial charge is 0.575 e. The Morgan fingerprint density at radius 1 is 1.88 bits per heavy atom. The molecule has 48 valence electrons. The summed E-state index contributed by atoms with van der Waals surface area (Å²) < 4.78 is 4.29. The van der Waals surface area contributed by atoms with Gasteiger partial charge in [0.25, 0.3) is 0 Å². The first-order valence-electron chi connectivity index (χ1n) is 2.16. The lowest BCUT2D eigenvalue weighted by Crippen LogP contribution is -2.00. The van der Waals surface area contributed by atoms with Crippen LogP contribution in [0.25, 0.3) is 4.84 Å². The first kappa shape index (κ1) is 7.72. The Hall–Kier alpha value is -0.280. The molecule has 0 aromatic carbocycles. The monoisotopic (exact) mass is 136 g/mol. The highest BCUT2D eigenvalue weighted by Crippen LogP contribution is 1.94. The Labute approximate surface area is 53.1 Å². The molecular formula is C4H7ClNO2-. The van der Waals surface area contributed by atoms with Crippen molar-refractivity contribution in [3.8, 4) is 0 Å². The molecule has 0 aromatic heterocycles. The van der Waals surface area contributed by atoms with E-state index in [1.54, 1.807) is 0 Å². The SMILES string of the molecule is COC(=O)CC[N-]Cl. The van der Waals surface area contributed by atoms with Gasteiger partial charge < -0.3 is 9.57 Å². The number of methoxy groups -OCH3 is 1. The predicted octanol–water partition coefficient (Wildman–Crippen LogP) is 1.08. The van der Waals surface area contributed by atoms with Crippen LogP contribution in [0.4, 0.5) is 0 Å². The highest BCUT2D eigenvalue weighted by Gasteiger charge is 1.91. The fourth-order valence-electron chi connectivity index (χ4n) is 0.236. The molecule has 0 N–H and O–H groups in total. The molecule has 0 heterocycles. The second-order valence-electron chi connectivity index (χ2n) is 1.17. The van der Waals surface area contributed by atoms with Crippen LogP contribution >= 0.6 is 11.8 Å². The number of ether oxygens (including phenoxy) is 1. The minimum absolute atomic E-state index is 0.264. The molecule has 0 aliphatic heterocycles. The summed E-state index contributed by atoms with van der Waals surface area (Å²) in [7, 11) is 1.33. The molecule has 0 saturated carbocycles. The van der Waals surface area contributed by atoms with Crippen LogP contribution in [-0.2, 0) is 9.53 Å². The van der Waals surface area contributed by atoms with Crippen molar-refractivity contribution in [2.24, 2.45) is 0 Å². The van der Waals surface area contributed by atoms with Gasteiger partial charge in [0, 0.05) is 6.42 Å². The highest BCUT2D eigenvalue weighted by molar-refractivity contribution is 6.24. The van der Waals surface area contributed by atoms with E-state index in [2.05, 4.69) is 9.57 Å². The summed E-state index contributed by atoms with van der Waals surface area (Å²) in [4.78, 5) is 13.4. The van der Waals surface area contributed by atoms with Crippen molar-refractivity contribution in [2.75, 3.05) is 13.7 Å². The molecule has 0 fully saturated rings. The normalized spacial score (nSPS) is 8.75. The van der Waals surface area contributed by atoms with Gasteiger partial charge in [0.05, 0.1) is 7.11 Å². The van der Waals surface area contributed by atoms with E-state index in [4.69, 9.17) is 11.8 Å². The second kappa shape index (κ2) is 4.87. The van der Waals surface area contributed by atoms with Crippen LogP contribution in [0.2, 0.25) is 0 Å². The third-order valence-corrected chi connectivity index (χ3v) is 0.797. The molecule has 0 atom stereocenters. The fourth-order valence-corrected chi connectivity index (χ4v) is 0.320. The highest BCUT2D eigenvalue weighted by atomic mass is 35.5. The number of rotatable bonds is 3. The number of carbonyl (C=O) groups is 1. The molecule has 0 aromatic rings. The molecule has 4 heteroatoms. The summed E-state index contributed by atoms with van der Waals surface area (Å²) in [5.41, 5.74) is 0. The van der Waals surface area contributed by atoms with Crippen molar-refractivity contribution in [1.82, 2.24) is 0 Å². The molecular weight excluding hydrogens is 130 g/mol. The zero-order chi connectivity index (χ0) is 6.41. The van der Waals surface area contributed by atoms with Gasteiger partial charge in [0.15, 0.2) is 0 Å². The molecule has 0 amide bonds. The maximum atomic E-state index is 10.2. The van der Waals surface area contributed by atoms with Crippen molar-refractivity contribution in [2.45, 2.75) is 6.42 Å². The van der Waals surface area contributed by atoms with Gasteiger partial charge in [-0.15, -0.1) is 6.54 Å². The van der Waals surface area contributed by atoms with Crippen LogP contribution in [0, 0.1) is 0 Å². The van der Waals surface area contributed by atoms with Crippen molar-refractivity contribution in [3.63, 3.8) is 0 Å². The van der Waals surface area contributed by atoms with Gasteiger partial charge in [-0.25, -0.2) is 0 Å². The molecule has 0 rings (SSSR count). The van der Waals surface area contributed by atoms with Crippen molar-refractivity contribution >= 4 is 17.7 Å². The zero-order valence-corrected chi connectivity index (χ0v) is 5.31. The number of nitrogens with zero attached hydrogens (tertiary/aromatic N) is 1. The summed E-state index contributed by atoms with van der Waals surface area (Å²) in [6.45, 7) is 0.328. The Morgan fingerprint density at radius 2 is 2.50 bits per heavy atom. The molecule has 0 aliphatic carbocycles. The van der Waals surface area contributed by atoms with Gasteiger partial charge >= 0.3 is 5.97 Å². The number of esters is 1. The van der Waals surface area contributed by atoms with Gasteiger partial charge in [0.2, 0.25) is 0 Å². The van der Waals surface area contributed by atoms with Crippen LogP contribution in [0.5, 0.6) is 0 Å². The summed E-state index contributed by atoms with van der Waals surface area (Å²) >= 11 is 4.92. The molecule has 3 nitrogen and oxygen atoms in total. The smallest absolute Gasteiger partial charge is 0.303 e. The topological polar surface area (TPSA) is 40.4 Å². The summed E-state index contributed by atoms with van der Waals surface area (Å²) in [5.74, 6) is -0.283. The van der Waals surface area contributed by atoms with E-state index in [1.165, 1.54) is 7.11 Å². The first-order chi connectivity index (χ1) is 3.81. The average Bonchev–Trinajstić information content (AvgIpc) is 1.83. The number of carbonyl (C=O) groups excluding carboxylic acids is 1. The van der Waals surface area contributed by atoms with E-state index in [9.17, 15) is 4.79 Å². The van der Waals surface area contributed by atoms with Crippen LogP contribution in [0.15, 0.2) is 0 Å². The molecule has 0 bridgehead atoms. The Bertz CT molecular complexity index is 76.4. The van der Waals surface area contributed by atoms with E-state index in [0.717, 1.165) is 0 Å². The maximum absolute atomic E-state index is 10.2. The first-order valence-corrected chi connectivity index (χ1v) is 2.49. The van der Waals surface area contributed by atoms with Gasteiger partial charge in [0.1, 0.15) is 0 Å². The molecule has 0 radical (unpaired) electrons. The fraction of sp³-hybridized carbons (Fsp3) is 0.750. The second-order valence-corrected chi connectivity index (χ2v) is 1.41. The van der Waals surface area contributed by atoms with Crippen LogP contribution in [0.3, 0.4) is 0 Å². The third kappa shape index (κ3) is 3.89. The Morgan fingerprint density at radius 3 is 2.88 bits per heavy atom. The van der Waals surface area contributed by atoms with E-state index in [0.29, 0.717) is 6.54 Å². The van der Waals surface area contributed by atoms with E-state index < -0.39 is 0 Å². The molecule has 0 spiro atoms. The quantitative estimate of drug-likeness (QED) is 0.545. The number of hydrogen-bond acceptors (Lipinski definition) is 2. The molecule has 0 saturated heterocycles. The zero-order valence-electron chi connectivity index (χ0n) is 4.56. The van der Waals surface area contributed by atoms with Crippen LogP contribution < -0.4 is 0 Å². The summed E-state index contributed by atoms with van der Waals surface area (Å²) in [6.07, 6.45) is 0.264. The predicted molar refractivity (Wildman–Crippen MR) is 30.7 cm³/mol. The van der Waals surface area contributed by atoms with Crippen LogP contribution in [0.1, 0.15) is 6.42 Å². The summed E-state index contributed by atoms with van der Waals surface area (Å²) in [6, 6.07) is 0. The van der Waals surface area contributed by atoms with Gasteiger partial charge in [-0.2, -0.15) is 0 Å². The van der Waals surface area contributed by atoms with E-state index in [1.807, 2.05) is 0 Å². The Kier molecular flexibility index (Phi) is 4.70. The van der Waals surface area contributed by atoms with Crippen molar-refractivity contribution < 1.29 is 9.53 Å². The van der Waals surface area contributed by atoms with Gasteiger partial charge in [-0.1, -0.05) is 0 Å². The van der Waals surface area contributed by atoms with E-state index >= 15 is 0 Å². The van der Waals surface area contributed by atoms with E-state index in [-0.39, 0.29) is 12.4 Å². The number of hydrogen-bond donors (Lipinski definition) is 0. The molecule has 0 unspecified atom stereocenters. The Balaban J connectivity index is 2.99. The lowest BCUT2D eigenvalue weighted by atomic mass is 10.4.